The van der Waals surface area contributed by atoms with E-state index in [0.29, 0.717) is 10.4 Å². The molecule has 0 radical (unpaired) electrons. The van der Waals surface area contributed by atoms with Gasteiger partial charge in [-0.05, 0) is 38.1 Å². The molecule has 2 aromatic heterocycles. The zero-order valence-corrected chi connectivity index (χ0v) is 15.4. The van der Waals surface area contributed by atoms with Crippen LogP contribution < -0.4 is 15.4 Å². The predicted molar refractivity (Wildman–Crippen MR) is 101 cm³/mol. The van der Waals surface area contributed by atoms with Crippen molar-refractivity contribution in [1.82, 2.24) is 4.98 Å². The molecule has 0 fully saturated rings. The van der Waals surface area contributed by atoms with Crippen LogP contribution in [0.4, 0.5) is 5.13 Å². The maximum Gasteiger partial charge on any atom is 0.353 e. The summed E-state index contributed by atoms with van der Waals surface area (Å²) in [5, 5.41) is 0.959. The first-order valence-corrected chi connectivity index (χ1v) is 9.42. The van der Waals surface area contributed by atoms with Gasteiger partial charge in [0.1, 0.15) is 15.5 Å². The Labute approximate surface area is 152 Å². The summed E-state index contributed by atoms with van der Waals surface area (Å²) in [6.45, 7) is 5.95. The molecule has 1 aromatic carbocycles. The third kappa shape index (κ3) is 3.64. The van der Waals surface area contributed by atoms with Crippen LogP contribution in [0.2, 0.25) is 0 Å². The number of rotatable bonds is 6. The van der Waals surface area contributed by atoms with Gasteiger partial charge >= 0.3 is 5.97 Å². The normalized spacial score (nSPS) is 10.8. The average molecular weight is 375 g/mol. The van der Waals surface area contributed by atoms with Crippen molar-refractivity contribution in [2.75, 3.05) is 18.0 Å². The number of aromatic nitrogens is 1. The molecule has 6 nitrogen and oxygen atoms in total. The van der Waals surface area contributed by atoms with Gasteiger partial charge in [-0.25, -0.2) is 9.78 Å². The lowest BCUT2D eigenvalue weighted by Crippen LogP contribution is -2.21. The number of ether oxygens (including phenoxy) is 1. The molecule has 8 heteroatoms. The van der Waals surface area contributed by atoms with Gasteiger partial charge in [-0.3, -0.25) is 4.79 Å². The number of carbonyl (C=O) groups is 2. The highest BCUT2D eigenvalue weighted by Crippen LogP contribution is 2.35. The highest BCUT2D eigenvalue weighted by Gasteiger charge is 2.17. The Morgan fingerprint density at radius 2 is 1.96 bits per heavy atom. The smallest absolute Gasteiger partial charge is 0.353 e. The van der Waals surface area contributed by atoms with Crippen LogP contribution in [-0.2, 0) is 0 Å². The van der Waals surface area contributed by atoms with Gasteiger partial charge in [0, 0.05) is 18.7 Å². The van der Waals surface area contributed by atoms with Crippen LogP contribution in [0.3, 0.4) is 0 Å². The van der Waals surface area contributed by atoms with Gasteiger partial charge in [0.15, 0.2) is 5.13 Å². The molecule has 2 N–H and O–H groups in total. The number of nitrogens with zero attached hydrogens (tertiary/aromatic N) is 2. The first-order valence-electron chi connectivity index (χ1n) is 7.79. The SMILES string of the molecule is CCN(CC)c1nc2sc(C(=O)Oc3cccc(C(N)=O)c3)cc2s1. The summed E-state index contributed by atoms with van der Waals surface area (Å²) >= 11 is 2.86. The van der Waals surface area contributed by atoms with E-state index in [1.54, 1.807) is 35.6 Å². The number of carbonyl (C=O) groups excluding carboxylic acids is 2. The third-order valence-electron chi connectivity index (χ3n) is 3.64. The molecule has 0 saturated heterocycles. The maximum absolute atomic E-state index is 12.3. The molecule has 0 aliphatic rings. The molecule has 25 heavy (non-hydrogen) atoms. The number of esters is 1. The summed E-state index contributed by atoms with van der Waals surface area (Å²) in [4.78, 5) is 31.6. The van der Waals surface area contributed by atoms with Crippen LogP contribution in [0.25, 0.3) is 9.53 Å². The van der Waals surface area contributed by atoms with E-state index in [4.69, 9.17) is 10.5 Å². The maximum atomic E-state index is 12.3. The quantitative estimate of drug-likeness (QED) is 0.526. The Hall–Kier alpha value is -2.45. The first-order chi connectivity index (χ1) is 12.0. The fourth-order valence-corrected chi connectivity index (χ4v) is 4.54. The van der Waals surface area contributed by atoms with Crippen LogP contribution in [0.1, 0.15) is 33.9 Å². The molecule has 0 unspecified atom stereocenters. The highest BCUT2D eigenvalue weighted by atomic mass is 32.1. The Balaban J connectivity index is 1.79. The molecule has 0 aliphatic heterocycles. The van der Waals surface area contributed by atoms with Crippen LogP contribution in [0.5, 0.6) is 5.75 Å². The monoisotopic (exact) mass is 375 g/mol. The Morgan fingerprint density at radius 1 is 1.20 bits per heavy atom. The van der Waals surface area contributed by atoms with Crippen molar-refractivity contribution in [3.8, 4) is 5.75 Å². The second-order valence-corrected chi connectivity index (χ2v) is 7.27. The minimum atomic E-state index is -0.567. The van der Waals surface area contributed by atoms with Gasteiger partial charge in [-0.1, -0.05) is 17.4 Å². The summed E-state index contributed by atoms with van der Waals surface area (Å²) in [6, 6.07) is 8.04. The van der Waals surface area contributed by atoms with Crippen LogP contribution in [0, 0.1) is 0 Å². The van der Waals surface area contributed by atoms with Crippen molar-refractivity contribution in [2.45, 2.75) is 13.8 Å². The standard InChI is InChI=1S/C17H17N3O3S2/c1-3-20(4-2)17-19-15-12(25-17)9-13(24-15)16(22)23-11-7-5-6-10(8-11)14(18)21/h5-9H,3-4H2,1-2H3,(H2,18,21). The molecule has 130 valence electrons. The minimum Gasteiger partial charge on any atom is -0.422 e. The lowest BCUT2D eigenvalue weighted by molar-refractivity contribution is 0.0738. The van der Waals surface area contributed by atoms with E-state index >= 15 is 0 Å². The molecule has 2 heterocycles. The molecule has 0 atom stereocenters. The fourth-order valence-electron chi connectivity index (χ4n) is 2.32. The van der Waals surface area contributed by atoms with Crippen molar-refractivity contribution >= 4 is 49.2 Å². The van der Waals surface area contributed by atoms with Crippen LogP contribution in [0.15, 0.2) is 30.3 Å². The number of benzene rings is 1. The molecule has 0 spiro atoms. The lowest BCUT2D eigenvalue weighted by atomic mass is 10.2. The molecule has 3 aromatic rings. The zero-order chi connectivity index (χ0) is 18.0. The highest BCUT2D eigenvalue weighted by molar-refractivity contribution is 7.29. The summed E-state index contributed by atoms with van der Waals surface area (Å²) in [7, 11) is 0. The summed E-state index contributed by atoms with van der Waals surface area (Å²) in [6.07, 6.45) is 0. The molecule has 3 rings (SSSR count). The number of nitrogens with two attached hydrogens (primary N) is 1. The number of hydrogen-bond acceptors (Lipinski definition) is 7. The van der Waals surface area contributed by atoms with E-state index in [9.17, 15) is 9.59 Å². The average Bonchev–Trinajstić information content (AvgIpc) is 3.15. The van der Waals surface area contributed by atoms with Gasteiger partial charge in [0.25, 0.3) is 0 Å². The number of thiophene rings is 1. The van der Waals surface area contributed by atoms with Crippen molar-refractivity contribution < 1.29 is 14.3 Å². The van der Waals surface area contributed by atoms with Gasteiger partial charge in [0.2, 0.25) is 5.91 Å². The van der Waals surface area contributed by atoms with E-state index in [-0.39, 0.29) is 5.75 Å². The number of fused-ring (bicyclic) bond motifs is 1. The fraction of sp³-hybridized carbons (Fsp3) is 0.235. The number of amides is 1. The van der Waals surface area contributed by atoms with Gasteiger partial charge in [0.05, 0.1) is 4.70 Å². The van der Waals surface area contributed by atoms with E-state index < -0.39 is 11.9 Å². The van der Waals surface area contributed by atoms with Gasteiger partial charge in [-0.15, -0.1) is 11.3 Å². The molecule has 1 amide bonds. The number of anilines is 1. The summed E-state index contributed by atoms with van der Waals surface area (Å²) in [5.74, 6) is -0.751. The zero-order valence-electron chi connectivity index (χ0n) is 13.8. The summed E-state index contributed by atoms with van der Waals surface area (Å²) < 4.78 is 6.30. The Kier molecular flexibility index (Phi) is 5.00. The van der Waals surface area contributed by atoms with E-state index in [2.05, 4.69) is 23.7 Å². The lowest BCUT2D eigenvalue weighted by Gasteiger charge is -2.16. The molecule has 0 bridgehead atoms. The summed E-state index contributed by atoms with van der Waals surface area (Å²) in [5.41, 5.74) is 5.53. The van der Waals surface area contributed by atoms with Crippen LogP contribution in [-0.4, -0.2) is 29.9 Å². The van der Waals surface area contributed by atoms with Crippen molar-refractivity contribution in [1.29, 1.82) is 0 Å². The van der Waals surface area contributed by atoms with Gasteiger partial charge in [-0.2, -0.15) is 0 Å². The topological polar surface area (TPSA) is 85.5 Å². The Morgan fingerprint density at radius 3 is 2.60 bits per heavy atom. The number of primary amides is 1. The van der Waals surface area contributed by atoms with Gasteiger partial charge < -0.3 is 15.4 Å². The van der Waals surface area contributed by atoms with E-state index in [0.717, 1.165) is 27.8 Å². The predicted octanol–water partition coefficient (Wildman–Crippen LogP) is 3.52. The number of hydrogen-bond donors (Lipinski definition) is 1. The van der Waals surface area contributed by atoms with Crippen molar-refractivity contribution in [2.24, 2.45) is 5.73 Å². The molecule has 0 saturated carbocycles. The number of thiazole rings is 1. The third-order valence-corrected chi connectivity index (χ3v) is 5.84. The van der Waals surface area contributed by atoms with E-state index in [1.165, 1.54) is 17.4 Å². The van der Waals surface area contributed by atoms with Crippen LogP contribution >= 0.6 is 22.7 Å². The minimum absolute atomic E-state index is 0.287. The van der Waals surface area contributed by atoms with Crippen molar-refractivity contribution in [3.63, 3.8) is 0 Å². The second kappa shape index (κ2) is 7.20. The largest absolute Gasteiger partial charge is 0.422 e. The molecular formula is C17H17N3O3S2. The second-order valence-electron chi connectivity index (χ2n) is 5.23. The first kappa shape index (κ1) is 17.4. The Bertz CT molecular complexity index is 897. The van der Waals surface area contributed by atoms with E-state index in [1.807, 2.05) is 0 Å². The van der Waals surface area contributed by atoms with Crippen molar-refractivity contribution in [3.05, 3.63) is 40.8 Å². The molecular weight excluding hydrogens is 358 g/mol. The molecule has 0 aliphatic carbocycles.